The Morgan fingerprint density at radius 1 is 1.07 bits per heavy atom. The van der Waals surface area contributed by atoms with Crippen molar-refractivity contribution in [2.24, 2.45) is 4.99 Å². The number of hydrogen-bond donors (Lipinski definition) is 0. The van der Waals surface area contributed by atoms with E-state index in [-0.39, 0.29) is 12.5 Å². The van der Waals surface area contributed by atoms with Gasteiger partial charge in [-0.3, -0.25) is 14.8 Å². The third-order valence-corrected chi connectivity index (χ3v) is 5.84. The number of fused-ring (bicyclic) bond motifs is 3. The summed E-state index contributed by atoms with van der Waals surface area (Å²) >= 11 is 0. The molecule has 2 aromatic heterocycles. The van der Waals surface area contributed by atoms with Crippen LogP contribution in [0.2, 0.25) is 0 Å². The van der Waals surface area contributed by atoms with Crippen LogP contribution in [-0.4, -0.2) is 49.5 Å². The molecule has 0 N–H and O–H groups in total. The van der Waals surface area contributed by atoms with Crippen LogP contribution in [0.3, 0.4) is 0 Å². The molecule has 0 aromatic carbocycles. The SMILES string of the molecule is O=C1CN=C(n2cnc(C3CC3)n2)C=C2c3ccnc(C4CC4)c3CCN12. The number of hydrogen-bond acceptors (Lipinski definition) is 5. The molecule has 0 atom stereocenters. The van der Waals surface area contributed by atoms with Crippen LogP contribution < -0.4 is 0 Å². The van der Waals surface area contributed by atoms with Gasteiger partial charge in [-0.15, -0.1) is 5.10 Å². The second-order valence-corrected chi connectivity index (χ2v) is 7.82. The number of rotatable bonds is 2. The molecule has 1 amide bonds. The minimum atomic E-state index is 0.0363. The number of carbonyl (C=O) groups excluding carboxylic acids is 1. The molecule has 4 aliphatic rings. The van der Waals surface area contributed by atoms with Gasteiger partial charge in [0.25, 0.3) is 0 Å². The summed E-state index contributed by atoms with van der Waals surface area (Å²) in [6, 6.07) is 2.03. The monoisotopic (exact) mass is 360 g/mol. The molecule has 27 heavy (non-hydrogen) atoms. The quantitative estimate of drug-likeness (QED) is 0.822. The molecule has 4 heterocycles. The van der Waals surface area contributed by atoms with Crippen LogP contribution in [0.1, 0.15) is 60.2 Å². The second-order valence-electron chi connectivity index (χ2n) is 7.82. The van der Waals surface area contributed by atoms with Gasteiger partial charge in [0.15, 0.2) is 11.7 Å². The smallest absolute Gasteiger partial charge is 0.248 e. The van der Waals surface area contributed by atoms with E-state index in [1.165, 1.54) is 24.1 Å². The molecule has 0 spiro atoms. The summed E-state index contributed by atoms with van der Waals surface area (Å²) in [5.41, 5.74) is 4.56. The Labute approximate surface area is 156 Å². The Hall–Kier alpha value is -2.83. The lowest BCUT2D eigenvalue weighted by atomic mass is 9.93. The highest BCUT2D eigenvalue weighted by Crippen LogP contribution is 2.43. The minimum Gasteiger partial charge on any atom is -0.310 e. The zero-order chi connectivity index (χ0) is 18.0. The first-order chi connectivity index (χ1) is 13.3. The highest BCUT2D eigenvalue weighted by atomic mass is 16.2. The summed E-state index contributed by atoms with van der Waals surface area (Å²) < 4.78 is 1.72. The van der Waals surface area contributed by atoms with Crippen molar-refractivity contribution in [3.63, 3.8) is 0 Å². The average Bonchev–Trinajstić information content (AvgIpc) is 3.61. The van der Waals surface area contributed by atoms with Gasteiger partial charge in [-0.05, 0) is 43.7 Å². The number of aromatic nitrogens is 4. The molecule has 6 rings (SSSR count). The summed E-state index contributed by atoms with van der Waals surface area (Å²) in [7, 11) is 0. The van der Waals surface area contributed by atoms with E-state index in [1.807, 2.05) is 23.2 Å². The van der Waals surface area contributed by atoms with Crippen LogP contribution in [0.25, 0.3) is 5.70 Å². The van der Waals surface area contributed by atoms with E-state index in [9.17, 15) is 4.79 Å². The Bertz CT molecular complexity index is 1010. The lowest BCUT2D eigenvalue weighted by Gasteiger charge is -2.31. The molecule has 2 fully saturated rings. The Morgan fingerprint density at radius 2 is 1.93 bits per heavy atom. The van der Waals surface area contributed by atoms with E-state index in [0.717, 1.165) is 36.3 Å². The molecule has 0 radical (unpaired) electrons. The molecule has 2 aliphatic carbocycles. The summed E-state index contributed by atoms with van der Waals surface area (Å²) in [6.07, 6.45) is 11.2. The minimum absolute atomic E-state index is 0.0363. The number of pyridine rings is 1. The highest BCUT2D eigenvalue weighted by molar-refractivity contribution is 6.06. The lowest BCUT2D eigenvalue weighted by molar-refractivity contribution is -0.126. The van der Waals surface area contributed by atoms with Crippen molar-refractivity contribution in [2.45, 2.75) is 43.9 Å². The van der Waals surface area contributed by atoms with Gasteiger partial charge in [0.05, 0.1) is 5.70 Å². The largest absolute Gasteiger partial charge is 0.310 e. The molecule has 136 valence electrons. The predicted molar refractivity (Wildman–Crippen MR) is 99.3 cm³/mol. The maximum Gasteiger partial charge on any atom is 0.248 e. The molecular formula is C20H20N6O. The van der Waals surface area contributed by atoms with Gasteiger partial charge < -0.3 is 4.90 Å². The molecule has 0 saturated heterocycles. The molecular weight excluding hydrogens is 340 g/mol. The average molecular weight is 360 g/mol. The van der Waals surface area contributed by atoms with Gasteiger partial charge in [-0.2, -0.15) is 0 Å². The van der Waals surface area contributed by atoms with Crippen molar-refractivity contribution in [1.29, 1.82) is 0 Å². The van der Waals surface area contributed by atoms with Crippen LogP contribution in [0, 0.1) is 0 Å². The normalized spacial score (nSPS) is 21.9. The molecule has 2 aliphatic heterocycles. The van der Waals surface area contributed by atoms with E-state index < -0.39 is 0 Å². The first kappa shape index (κ1) is 15.2. The summed E-state index contributed by atoms with van der Waals surface area (Å²) in [5, 5.41) is 4.60. The summed E-state index contributed by atoms with van der Waals surface area (Å²) in [5.74, 6) is 2.68. The van der Waals surface area contributed by atoms with Crippen LogP contribution in [0.4, 0.5) is 0 Å². The van der Waals surface area contributed by atoms with E-state index in [4.69, 9.17) is 0 Å². The maximum absolute atomic E-state index is 12.7. The van der Waals surface area contributed by atoms with Crippen LogP contribution in [0.5, 0.6) is 0 Å². The van der Waals surface area contributed by atoms with Gasteiger partial charge in [0, 0.05) is 41.9 Å². The fourth-order valence-electron chi connectivity index (χ4n) is 4.08. The molecule has 2 saturated carbocycles. The molecule has 0 unspecified atom stereocenters. The van der Waals surface area contributed by atoms with Crippen molar-refractivity contribution in [3.8, 4) is 0 Å². The number of nitrogens with zero attached hydrogens (tertiary/aromatic N) is 6. The molecule has 2 aromatic rings. The number of aliphatic imine (C=N–C) groups is 1. The molecule has 7 heteroatoms. The Kier molecular flexibility index (Phi) is 3.15. The van der Waals surface area contributed by atoms with Crippen molar-refractivity contribution in [2.75, 3.05) is 13.1 Å². The highest BCUT2D eigenvalue weighted by Gasteiger charge is 2.34. The van der Waals surface area contributed by atoms with Crippen molar-refractivity contribution in [1.82, 2.24) is 24.6 Å². The summed E-state index contributed by atoms with van der Waals surface area (Å²) in [4.78, 5) is 28.2. The first-order valence-electron chi connectivity index (χ1n) is 9.74. The van der Waals surface area contributed by atoms with Gasteiger partial charge in [-0.1, -0.05) is 0 Å². The van der Waals surface area contributed by atoms with Gasteiger partial charge >= 0.3 is 0 Å². The number of amides is 1. The standard InChI is InChI=1S/C20H20N6O/c27-18-10-22-17(26-11-23-20(24-26)13-3-4-13)9-16-14-5-7-21-19(12-1-2-12)15(14)6-8-25(16)18/h5,7,9,11-13H,1-4,6,8,10H2. The summed E-state index contributed by atoms with van der Waals surface area (Å²) in [6.45, 7) is 0.834. The third-order valence-electron chi connectivity index (χ3n) is 5.84. The number of allylic oxidation sites excluding steroid dienone is 1. The van der Waals surface area contributed by atoms with Crippen molar-refractivity contribution in [3.05, 3.63) is 47.3 Å². The van der Waals surface area contributed by atoms with Crippen LogP contribution >= 0.6 is 0 Å². The molecule has 0 bridgehead atoms. The van der Waals surface area contributed by atoms with Crippen molar-refractivity contribution >= 4 is 17.4 Å². The maximum atomic E-state index is 12.7. The van der Waals surface area contributed by atoms with Gasteiger partial charge in [0.2, 0.25) is 5.91 Å². The van der Waals surface area contributed by atoms with Gasteiger partial charge in [-0.25, -0.2) is 9.67 Å². The first-order valence-corrected chi connectivity index (χ1v) is 9.74. The Morgan fingerprint density at radius 3 is 2.74 bits per heavy atom. The zero-order valence-electron chi connectivity index (χ0n) is 15.0. The van der Waals surface area contributed by atoms with Crippen LogP contribution in [0.15, 0.2) is 29.7 Å². The third kappa shape index (κ3) is 2.52. The zero-order valence-corrected chi connectivity index (χ0v) is 15.0. The second kappa shape index (κ2) is 5.58. The van der Waals surface area contributed by atoms with Crippen molar-refractivity contribution < 1.29 is 4.79 Å². The fraction of sp³-hybridized carbons (Fsp3) is 0.450. The fourth-order valence-corrected chi connectivity index (χ4v) is 4.08. The van der Waals surface area contributed by atoms with E-state index in [2.05, 4.69) is 20.1 Å². The number of carbonyl (C=O) groups is 1. The Balaban J connectivity index is 1.45. The van der Waals surface area contributed by atoms with Gasteiger partial charge in [0.1, 0.15) is 12.9 Å². The van der Waals surface area contributed by atoms with E-state index >= 15 is 0 Å². The van der Waals surface area contributed by atoms with E-state index in [0.29, 0.717) is 24.2 Å². The van der Waals surface area contributed by atoms with E-state index in [1.54, 1.807) is 11.0 Å². The molecule has 7 nitrogen and oxygen atoms in total. The predicted octanol–water partition coefficient (Wildman–Crippen LogP) is 2.11. The topological polar surface area (TPSA) is 76.3 Å². The van der Waals surface area contributed by atoms with Crippen LogP contribution in [-0.2, 0) is 11.2 Å². The lowest BCUT2D eigenvalue weighted by Crippen LogP contribution is -2.36.